The molecule has 0 saturated heterocycles. The molecule has 0 amide bonds. The van der Waals surface area contributed by atoms with Gasteiger partial charge in [0.05, 0.1) is 6.61 Å². The molecule has 0 fully saturated rings. The summed E-state index contributed by atoms with van der Waals surface area (Å²) in [6.07, 6.45) is 0. The third-order valence-electron chi connectivity index (χ3n) is 2.75. The highest BCUT2D eigenvalue weighted by molar-refractivity contribution is 5.63. The van der Waals surface area contributed by atoms with E-state index in [1.807, 2.05) is 6.07 Å². The van der Waals surface area contributed by atoms with Crippen LogP contribution in [0.15, 0.2) is 54.6 Å². The fourth-order valence-electron chi connectivity index (χ4n) is 1.88. The summed E-state index contributed by atoms with van der Waals surface area (Å²) in [6, 6.07) is 19.0. The summed E-state index contributed by atoms with van der Waals surface area (Å²) in [4.78, 5) is 0. The SMILES string of the molecule is CC(C)COCc1cccc(-c2ccccc2)c1. The van der Waals surface area contributed by atoms with E-state index in [0.29, 0.717) is 12.5 Å². The Hall–Kier alpha value is -1.60. The van der Waals surface area contributed by atoms with E-state index < -0.39 is 0 Å². The van der Waals surface area contributed by atoms with E-state index in [2.05, 4.69) is 62.4 Å². The van der Waals surface area contributed by atoms with Crippen molar-refractivity contribution in [3.8, 4) is 11.1 Å². The molecule has 1 heteroatoms. The molecule has 0 saturated carbocycles. The third-order valence-corrected chi connectivity index (χ3v) is 2.75. The standard InChI is InChI=1S/C17H20O/c1-14(2)12-18-13-15-7-6-10-17(11-15)16-8-4-3-5-9-16/h3-11,14H,12-13H2,1-2H3. The van der Waals surface area contributed by atoms with Crippen LogP contribution < -0.4 is 0 Å². The first-order valence-corrected chi connectivity index (χ1v) is 6.48. The van der Waals surface area contributed by atoms with Gasteiger partial charge < -0.3 is 4.74 Å². The van der Waals surface area contributed by atoms with E-state index in [1.54, 1.807) is 0 Å². The molecule has 0 N–H and O–H groups in total. The summed E-state index contributed by atoms with van der Waals surface area (Å²) in [6.45, 7) is 5.84. The molecule has 0 aliphatic carbocycles. The molecular formula is C17H20O. The molecule has 0 aliphatic heterocycles. The summed E-state index contributed by atoms with van der Waals surface area (Å²) in [5, 5.41) is 0. The van der Waals surface area contributed by atoms with Crippen LogP contribution in [-0.4, -0.2) is 6.61 Å². The van der Waals surface area contributed by atoms with Crippen molar-refractivity contribution in [3.63, 3.8) is 0 Å². The van der Waals surface area contributed by atoms with Gasteiger partial charge in [0, 0.05) is 6.61 Å². The van der Waals surface area contributed by atoms with Gasteiger partial charge in [0.15, 0.2) is 0 Å². The van der Waals surface area contributed by atoms with Gasteiger partial charge in [0.1, 0.15) is 0 Å². The molecule has 0 heterocycles. The lowest BCUT2D eigenvalue weighted by molar-refractivity contribution is 0.0971. The van der Waals surface area contributed by atoms with Crippen LogP contribution in [0.3, 0.4) is 0 Å². The van der Waals surface area contributed by atoms with Crippen LogP contribution in [0.1, 0.15) is 19.4 Å². The van der Waals surface area contributed by atoms with Gasteiger partial charge >= 0.3 is 0 Å². The first kappa shape index (κ1) is 12.8. The average molecular weight is 240 g/mol. The quantitative estimate of drug-likeness (QED) is 0.746. The number of rotatable bonds is 5. The minimum absolute atomic E-state index is 0.585. The van der Waals surface area contributed by atoms with E-state index in [0.717, 1.165) is 6.61 Å². The Balaban J connectivity index is 2.06. The third kappa shape index (κ3) is 3.71. The molecule has 18 heavy (non-hydrogen) atoms. The Morgan fingerprint density at radius 3 is 2.33 bits per heavy atom. The lowest BCUT2D eigenvalue weighted by atomic mass is 10.0. The van der Waals surface area contributed by atoms with Crippen molar-refractivity contribution >= 4 is 0 Å². The summed E-state index contributed by atoms with van der Waals surface area (Å²) in [5.41, 5.74) is 3.74. The Morgan fingerprint density at radius 1 is 0.889 bits per heavy atom. The second kappa shape index (κ2) is 6.36. The zero-order valence-corrected chi connectivity index (χ0v) is 11.1. The lowest BCUT2D eigenvalue weighted by Gasteiger charge is -2.08. The monoisotopic (exact) mass is 240 g/mol. The van der Waals surface area contributed by atoms with Crippen LogP contribution in [0.5, 0.6) is 0 Å². The van der Waals surface area contributed by atoms with Crippen molar-refractivity contribution in [2.24, 2.45) is 5.92 Å². The zero-order valence-electron chi connectivity index (χ0n) is 11.1. The van der Waals surface area contributed by atoms with Crippen LogP contribution in [0, 0.1) is 5.92 Å². The second-order valence-electron chi connectivity index (χ2n) is 4.98. The van der Waals surface area contributed by atoms with Crippen LogP contribution in [-0.2, 0) is 11.3 Å². The molecule has 2 aromatic rings. The molecule has 0 bridgehead atoms. The molecule has 0 aromatic heterocycles. The molecule has 2 rings (SSSR count). The van der Waals surface area contributed by atoms with Crippen molar-refractivity contribution < 1.29 is 4.74 Å². The fraction of sp³-hybridized carbons (Fsp3) is 0.294. The van der Waals surface area contributed by atoms with Gasteiger partial charge in [-0.05, 0) is 28.7 Å². The molecular weight excluding hydrogens is 220 g/mol. The summed E-state index contributed by atoms with van der Waals surface area (Å²) >= 11 is 0. The van der Waals surface area contributed by atoms with Gasteiger partial charge in [-0.15, -0.1) is 0 Å². The average Bonchev–Trinajstić information content (AvgIpc) is 2.40. The minimum atomic E-state index is 0.585. The normalized spacial score (nSPS) is 10.8. The Labute approximate surface area is 109 Å². The summed E-state index contributed by atoms with van der Waals surface area (Å²) in [7, 11) is 0. The highest BCUT2D eigenvalue weighted by atomic mass is 16.5. The zero-order chi connectivity index (χ0) is 12.8. The first-order valence-electron chi connectivity index (χ1n) is 6.48. The second-order valence-corrected chi connectivity index (χ2v) is 4.98. The molecule has 0 spiro atoms. The van der Waals surface area contributed by atoms with Gasteiger partial charge in [-0.3, -0.25) is 0 Å². The maximum Gasteiger partial charge on any atom is 0.0717 e. The van der Waals surface area contributed by atoms with Crippen LogP contribution in [0.4, 0.5) is 0 Å². The largest absolute Gasteiger partial charge is 0.377 e. The molecule has 94 valence electrons. The Bertz CT molecular complexity index is 474. The highest BCUT2D eigenvalue weighted by Gasteiger charge is 2.00. The molecule has 2 aromatic carbocycles. The first-order chi connectivity index (χ1) is 8.75. The predicted molar refractivity (Wildman–Crippen MR) is 76.4 cm³/mol. The van der Waals surface area contributed by atoms with Gasteiger partial charge in [-0.1, -0.05) is 62.4 Å². The number of benzene rings is 2. The van der Waals surface area contributed by atoms with E-state index >= 15 is 0 Å². The van der Waals surface area contributed by atoms with Gasteiger partial charge in [-0.2, -0.15) is 0 Å². The van der Waals surface area contributed by atoms with Crippen molar-refractivity contribution in [1.82, 2.24) is 0 Å². The maximum atomic E-state index is 5.67. The van der Waals surface area contributed by atoms with Crippen LogP contribution >= 0.6 is 0 Å². The van der Waals surface area contributed by atoms with E-state index in [9.17, 15) is 0 Å². The van der Waals surface area contributed by atoms with Crippen molar-refractivity contribution in [1.29, 1.82) is 0 Å². The number of hydrogen-bond acceptors (Lipinski definition) is 1. The number of hydrogen-bond donors (Lipinski definition) is 0. The molecule has 0 radical (unpaired) electrons. The lowest BCUT2D eigenvalue weighted by Crippen LogP contribution is -2.01. The Kier molecular flexibility index (Phi) is 4.54. The van der Waals surface area contributed by atoms with Crippen molar-refractivity contribution in [2.45, 2.75) is 20.5 Å². The van der Waals surface area contributed by atoms with Crippen LogP contribution in [0.2, 0.25) is 0 Å². The smallest absolute Gasteiger partial charge is 0.0717 e. The van der Waals surface area contributed by atoms with Gasteiger partial charge in [0.25, 0.3) is 0 Å². The van der Waals surface area contributed by atoms with Crippen LogP contribution in [0.25, 0.3) is 11.1 Å². The summed E-state index contributed by atoms with van der Waals surface area (Å²) < 4.78 is 5.67. The summed E-state index contributed by atoms with van der Waals surface area (Å²) in [5.74, 6) is 0.585. The topological polar surface area (TPSA) is 9.23 Å². The highest BCUT2D eigenvalue weighted by Crippen LogP contribution is 2.20. The molecule has 0 aliphatic rings. The van der Waals surface area contributed by atoms with Crippen molar-refractivity contribution in [3.05, 3.63) is 60.2 Å². The molecule has 0 unspecified atom stereocenters. The number of ether oxygens (including phenoxy) is 1. The van der Waals surface area contributed by atoms with E-state index in [1.165, 1.54) is 16.7 Å². The van der Waals surface area contributed by atoms with E-state index in [4.69, 9.17) is 4.74 Å². The van der Waals surface area contributed by atoms with Gasteiger partial charge in [-0.25, -0.2) is 0 Å². The van der Waals surface area contributed by atoms with Crippen molar-refractivity contribution in [2.75, 3.05) is 6.61 Å². The molecule has 0 atom stereocenters. The fourth-order valence-corrected chi connectivity index (χ4v) is 1.88. The van der Waals surface area contributed by atoms with Gasteiger partial charge in [0.2, 0.25) is 0 Å². The Morgan fingerprint density at radius 2 is 1.61 bits per heavy atom. The minimum Gasteiger partial charge on any atom is -0.377 e. The maximum absolute atomic E-state index is 5.67. The molecule has 1 nitrogen and oxygen atoms in total. The van der Waals surface area contributed by atoms with E-state index in [-0.39, 0.29) is 0 Å². The predicted octanol–water partition coefficient (Wildman–Crippen LogP) is 4.53.